The molecule has 0 radical (unpaired) electrons. The first-order valence-electron chi connectivity index (χ1n) is 9.94. The van der Waals surface area contributed by atoms with Crippen molar-refractivity contribution in [3.8, 4) is 6.01 Å². The van der Waals surface area contributed by atoms with Gasteiger partial charge in [-0.15, -0.1) is 0 Å². The zero-order chi connectivity index (χ0) is 22.2. The van der Waals surface area contributed by atoms with Crippen molar-refractivity contribution in [2.24, 2.45) is 0 Å². The van der Waals surface area contributed by atoms with Crippen LogP contribution in [-0.4, -0.2) is 32.4 Å². The summed E-state index contributed by atoms with van der Waals surface area (Å²) in [5.74, 6) is 1.07. The second-order valence-corrected chi connectivity index (χ2v) is 6.51. The van der Waals surface area contributed by atoms with E-state index >= 15 is 0 Å². The lowest BCUT2D eigenvalue weighted by molar-refractivity contribution is 0.102. The predicted molar refractivity (Wildman–Crippen MR) is 119 cm³/mol. The molecular formula is C22H21N7O3. The number of amides is 1. The smallest absolute Gasteiger partial charge is 0.323 e. The maximum absolute atomic E-state index is 12.4. The van der Waals surface area contributed by atoms with Crippen LogP contribution in [0.4, 0.5) is 23.3 Å². The number of carbonyl (C=O) groups excluding carboxylic acids is 1. The highest BCUT2D eigenvalue weighted by molar-refractivity contribution is 6.03. The number of furan rings is 1. The van der Waals surface area contributed by atoms with Gasteiger partial charge < -0.3 is 25.1 Å². The highest BCUT2D eigenvalue weighted by Gasteiger charge is 2.10. The minimum absolute atomic E-state index is 0.187. The maximum Gasteiger partial charge on any atom is 0.323 e. The Morgan fingerprint density at radius 3 is 2.66 bits per heavy atom. The molecule has 0 bridgehead atoms. The van der Waals surface area contributed by atoms with Crippen LogP contribution >= 0.6 is 0 Å². The molecule has 0 fully saturated rings. The first-order chi connectivity index (χ1) is 15.7. The average Bonchev–Trinajstić information content (AvgIpc) is 3.32. The number of anilines is 4. The molecule has 0 saturated heterocycles. The highest BCUT2D eigenvalue weighted by atomic mass is 16.5. The Hall–Kier alpha value is -4.47. The summed E-state index contributed by atoms with van der Waals surface area (Å²) < 4.78 is 10.8. The molecule has 3 aromatic heterocycles. The minimum Gasteiger partial charge on any atom is -0.467 e. The number of pyridine rings is 1. The lowest BCUT2D eigenvalue weighted by Crippen LogP contribution is -2.13. The van der Waals surface area contributed by atoms with Crippen LogP contribution in [0.25, 0.3) is 0 Å². The van der Waals surface area contributed by atoms with Crippen LogP contribution < -0.4 is 20.7 Å². The monoisotopic (exact) mass is 431 g/mol. The molecule has 162 valence electrons. The Bertz CT molecular complexity index is 1170. The van der Waals surface area contributed by atoms with E-state index in [0.717, 1.165) is 5.76 Å². The van der Waals surface area contributed by atoms with E-state index in [1.807, 2.05) is 25.1 Å². The summed E-state index contributed by atoms with van der Waals surface area (Å²) in [6.45, 7) is 2.67. The Labute approximate surface area is 184 Å². The number of hydrogen-bond donors (Lipinski definition) is 3. The van der Waals surface area contributed by atoms with Crippen molar-refractivity contribution in [2.45, 2.75) is 13.5 Å². The quantitative estimate of drug-likeness (QED) is 0.362. The summed E-state index contributed by atoms with van der Waals surface area (Å²) in [6.07, 6.45) is 3.17. The molecule has 3 N–H and O–H groups in total. The highest BCUT2D eigenvalue weighted by Crippen LogP contribution is 2.21. The minimum atomic E-state index is -0.300. The third-order valence-corrected chi connectivity index (χ3v) is 4.16. The van der Waals surface area contributed by atoms with E-state index in [9.17, 15) is 4.79 Å². The molecule has 0 aliphatic rings. The fourth-order valence-corrected chi connectivity index (χ4v) is 2.76. The molecule has 0 saturated carbocycles. The van der Waals surface area contributed by atoms with Gasteiger partial charge in [-0.1, -0.05) is 12.1 Å². The van der Waals surface area contributed by atoms with Crippen molar-refractivity contribution in [1.82, 2.24) is 19.9 Å². The molecule has 1 amide bonds. The molecule has 0 spiro atoms. The van der Waals surface area contributed by atoms with E-state index in [4.69, 9.17) is 9.15 Å². The summed E-state index contributed by atoms with van der Waals surface area (Å²) in [6, 6.07) is 16.2. The zero-order valence-electron chi connectivity index (χ0n) is 17.3. The van der Waals surface area contributed by atoms with Gasteiger partial charge in [0.25, 0.3) is 5.91 Å². The van der Waals surface area contributed by atoms with Crippen LogP contribution in [0.5, 0.6) is 6.01 Å². The van der Waals surface area contributed by atoms with E-state index in [2.05, 4.69) is 35.9 Å². The van der Waals surface area contributed by atoms with E-state index in [1.54, 1.807) is 48.9 Å². The summed E-state index contributed by atoms with van der Waals surface area (Å²) in [5.41, 5.74) is 1.60. The number of nitrogens with zero attached hydrogens (tertiary/aromatic N) is 4. The number of benzene rings is 1. The molecule has 0 aliphatic carbocycles. The van der Waals surface area contributed by atoms with Crippen LogP contribution in [-0.2, 0) is 6.54 Å². The summed E-state index contributed by atoms with van der Waals surface area (Å²) in [4.78, 5) is 29.3. The lowest BCUT2D eigenvalue weighted by Gasteiger charge is -2.11. The second-order valence-electron chi connectivity index (χ2n) is 6.51. The first kappa shape index (κ1) is 20.8. The number of aromatic nitrogens is 4. The summed E-state index contributed by atoms with van der Waals surface area (Å²) in [5, 5.41) is 9.03. The Morgan fingerprint density at radius 1 is 1.00 bits per heavy atom. The van der Waals surface area contributed by atoms with E-state index in [1.165, 1.54) is 0 Å². The van der Waals surface area contributed by atoms with E-state index in [-0.39, 0.29) is 11.9 Å². The molecule has 4 aromatic rings. The fourth-order valence-electron chi connectivity index (χ4n) is 2.76. The zero-order valence-corrected chi connectivity index (χ0v) is 17.3. The number of nitrogens with one attached hydrogen (secondary N) is 3. The molecule has 10 heteroatoms. The fraction of sp³-hybridized carbons (Fsp3) is 0.136. The van der Waals surface area contributed by atoms with Gasteiger partial charge in [-0.05, 0) is 49.4 Å². The van der Waals surface area contributed by atoms with Crippen LogP contribution in [0, 0.1) is 0 Å². The summed E-state index contributed by atoms with van der Waals surface area (Å²) in [7, 11) is 0. The van der Waals surface area contributed by atoms with Gasteiger partial charge in [-0.2, -0.15) is 15.0 Å². The molecule has 0 atom stereocenters. The number of hydrogen-bond acceptors (Lipinski definition) is 9. The van der Waals surface area contributed by atoms with Gasteiger partial charge in [-0.3, -0.25) is 9.78 Å². The average molecular weight is 431 g/mol. The van der Waals surface area contributed by atoms with E-state index in [0.29, 0.717) is 42.1 Å². The van der Waals surface area contributed by atoms with E-state index < -0.39 is 0 Å². The topological polar surface area (TPSA) is 127 Å². The normalized spacial score (nSPS) is 10.4. The van der Waals surface area contributed by atoms with Crippen molar-refractivity contribution in [3.05, 3.63) is 78.5 Å². The molecule has 32 heavy (non-hydrogen) atoms. The molecular weight excluding hydrogens is 410 g/mol. The van der Waals surface area contributed by atoms with Gasteiger partial charge in [0.15, 0.2) is 0 Å². The Morgan fingerprint density at radius 2 is 1.88 bits per heavy atom. The van der Waals surface area contributed by atoms with Gasteiger partial charge in [0, 0.05) is 17.6 Å². The van der Waals surface area contributed by atoms with Crippen LogP contribution in [0.3, 0.4) is 0 Å². The van der Waals surface area contributed by atoms with Gasteiger partial charge in [-0.25, -0.2) is 0 Å². The molecule has 3 heterocycles. The maximum atomic E-state index is 12.4. The molecule has 4 rings (SSSR count). The largest absolute Gasteiger partial charge is 0.467 e. The van der Waals surface area contributed by atoms with Crippen molar-refractivity contribution in [1.29, 1.82) is 0 Å². The van der Waals surface area contributed by atoms with Crippen molar-refractivity contribution in [3.63, 3.8) is 0 Å². The van der Waals surface area contributed by atoms with Gasteiger partial charge in [0.1, 0.15) is 11.5 Å². The predicted octanol–water partition coefficient (Wildman–Crippen LogP) is 3.87. The van der Waals surface area contributed by atoms with Gasteiger partial charge >= 0.3 is 6.01 Å². The van der Waals surface area contributed by atoms with Crippen LogP contribution in [0.2, 0.25) is 0 Å². The number of carbonyl (C=O) groups is 1. The molecule has 0 unspecified atom stereocenters. The molecule has 10 nitrogen and oxygen atoms in total. The van der Waals surface area contributed by atoms with Crippen molar-refractivity contribution >= 4 is 29.2 Å². The summed E-state index contributed by atoms with van der Waals surface area (Å²) >= 11 is 0. The SMILES string of the molecule is CCOc1nc(NCc2ccco2)nc(Nc2cccc(NC(=O)c3ccccn3)c2)n1. The number of ether oxygens (including phenoxy) is 1. The lowest BCUT2D eigenvalue weighted by atomic mass is 10.2. The third kappa shape index (κ3) is 5.57. The standard InChI is InChI=1S/C22H21N7O3/c1-2-31-22-28-20(24-14-17-9-6-12-32-17)27-21(29-22)26-16-8-5-7-15(13-16)25-19(30)18-10-3-4-11-23-18/h3-13H,2,14H2,1H3,(H,25,30)(H2,24,26,27,28,29). The molecule has 0 aliphatic heterocycles. The van der Waals surface area contributed by atoms with Crippen molar-refractivity contribution < 1.29 is 13.9 Å². The molecule has 1 aromatic carbocycles. The van der Waals surface area contributed by atoms with Crippen molar-refractivity contribution in [2.75, 3.05) is 22.6 Å². The van der Waals surface area contributed by atoms with Gasteiger partial charge in [0.2, 0.25) is 11.9 Å². The number of rotatable bonds is 9. The van der Waals surface area contributed by atoms with Crippen LogP contribution in [0.15, 0.2) is 71.5 Å². The second kappa shape index (κ2) is 10.0. The first-order valence-corrected chi connectivity index (χ1v) is 9.94. The Balaban J connectivity index is 1.48. The van der Waals surface area contributed by atoms with Gasteiger partial charge in [0.05, 0.1) is 19.4 Å². The Kier molecular flexibility index (Phi) is 6.51. The van der Waals surface area contributed by atoms with Crippen LogP contribution in [0.1, 0.15) is 23.2 Å². The third-order valence-electron chi connectivity index (χ3n) is 4.16.